The number of alkyl halides is 3. The fourth-order valence-electron chi connectivity index (χ4n) is 2.97. The number of para-hydroxylation sites is 3. The lowest BCUT2D eigenvalue weighted by Crippen LogP contribution is -2.19. The van der Waals surface area contributed by atoms with E-state index in [0.29, 0.717) is 16.7 Å². The van der Waals surface area contributed by atoms with Crippen LogP contribution in [0.15, 0.2) is 77.2 Å². The SMILES string of the molecule is O=C(O)C(Oc1ccccc1-c1nc2ccccc2o1)c1ccc(C(F)(F)F)cc1. The summed E-state index contributed by atoms with van der Waals surface area (Å²) in [6.07, 6.45) is -6.03. The maximum atomic E-state index is 12.8. The first-order valence-corrected chi connectivity index (χ1v) is 8.84. The summed E-state index contributed by atoms with van der Waals surface area (Å²) in [5, 5.41) is 9.61. The van der Waals surface area contributed by atoms with E-state index in [0.717, 1.165) is 24.3 Å². The number of hydrogen-bond donors (Lipinski definition) is 1. The number of oxazole rings is 1. The van der Waals surface area contributed by atoms with Gasteiger partial charge in [0.25, 0.3) is 0 Å². The molecule has 1 unspecified atom stereocenters. The van der Waals surface area contributed by atoms with Gasteiger partial charge in [-0.2, -0.15) is 13.2 Å². The molecule has 0 spiro atoms. The zero-order chi connectivity index (χ0) is 21.3. The van der Waals surface area contributed by atoms with E-state index in [4.69, 9.17) is 9.15 Å². The molecule has 0 amide bonds. The Hall–Kier alpha value is -3.81. The molecule has 5 nitrogen and oxygen atoms in total. The number of aromatic nitrogens is 1. The molecular weight excluding hydrogens is 399 g/mol. The number of halogens is 3. The maximum absolute atomic E-state index is 12.8. The van der Waals surface area contributed by atoms with E-state index in [1.807, 2.05) is 6.07 Å². The van der Waals surface area contributed by atoms with E-state index in [2.05, 4.69) is 4.98 Å². The Bertz CT molecular complexity index is 1170. The highest BCUT2D eigenvalue weighted by atomic mass is 19.4. The van der Waals surface area contributed by atoms with Crippen LogP contribution in [0.25, 0.3) is 22.6 Å². The van der Waals surface area contributed by atoms with Gasteiger partial charge >= 0.3 is 12.1 Å². The average Bonchev–Trinajstić information content (AvgIpc) is 3.15. The Morgan fingerprint density at radius 2 is 1.63 bits per heavy atom. The van der Waals surface area contributed by atoms with Gasteiger partial charge in [0.1, 0.15) is 11.3 Å². The number of nitrogens with zero attached hydrogens (tertiary/aromatic N) is 1. The van der Waals surface area contributed by atoms with Crippen LogP contribution in [-0.2, 0) is 11.0 Å². The molecule has 0 bridgehead atoms. The van der Waals surface area contributed by atoms with Gasteiger partial charge in [0, 0.05) is 5.56 Å². The van der Waals surface area contributed by atoms with Crippen molar-refractivity contribution < 1.29 is 32.2 Å². The molecule has 0 aliphatic heterocycles. The topological polar surface area (TPSA) is 72.6 Å². The second kappa shape index (κ2) is 7.55. The van der Waals surface area contributed by atoms with Crippen LogP contribution in [0.4, 0.5) is 13.2 Å². The quantitative estimate of drug-likeness (QED) is 0.453. The molecule has 1 aromatic heterocycles. The fourth-order valence-corrected chi connectivity index (χ4v) is 2.97. The molecule has 0 saturated heterocycles. The van der Waals surface area contributed by atoms with Crippen molar-refractivity contribution in [2.24, 2.45) is 0 Å². The Morgan fingerprint density at radius 1 is 0.967 bits per heavy atom. The summed E-state index contributed by atoms with van der Waals surface area (Å²) in [6.45, 7) is 0. The van der Waals surface area contributed by atoms with Crippen molar-refractivity contribution in [1.29, 1.82) is 0 Å². The van der Waals surface area contributed by atoms with E-state index in [9.17, 15) is 23.1 Å². The third-order valence-electron chi connectivity index (χ3n) is 4.42. The van der Waals surface area contributed by atoms with E-state index < -0.39 is 23.8 Å². The van der Waals surface area contributed by atoms with Gasteiger partial charge in [-0.25, -0.2) is 9.78 Å². The molecule has 4 rings (SSSR count). The largest absolute Gasteiger partial charge is 0.478 e. The van der Waals surface area contributed by atoms with E-state index >= 15 is 0 Å². The minimum absolute atomic E-state index is 0.0721. The van der Waals surface area contributed by atoms with Crippen LogP contribution in [0.2, 0.25) is 0 Å². The Labute approximate surface area is 168 Å². The van der Waals surface area contributed by atoms with Gasteiger partial charge < -0.3 is 14.3 Å². The number of carboxylic acids is 1. The third-order valence-corrected chi connectivity index (χ3v) is 4.42. The summed E-state index contributed by atoms with van der Waals surface area (Å²) < 4.78 is 49.8. The van der Waals surface area contributed by atoms with Gasteiger partial charge in [0.2, 0.25) is 12.0 Å². The lowest BCUT2D eigenvalue weighted by molar-refractivity contribution is -0.145. The van der Waals surface area contributed by atoms with Gasteiger partial charge in [-0.3, -0.25) is 0 Å². The maximum Gasteiger partial charge on any atom is 0.416 e. The van der Waals surface area contributed by atoms with Crippen LogP contribution in [0.5, 0.6) is 5.75 Å². The second-order valence-corrected chi connectivity index (χ2v) is 6.44. The van der Waals surface area contributed by atoms with Crippen LogP contribution in [0.3, 0.4) is 0 Å². The van der Waals surface area contributed by atoms with E-state index in [1.54, 1.807) is 42.5 Å². The third kappa shape index (κ3) is 3.84. The van der Waals surface area contributed by atoms with Gasteiger partial charge in [0.05, 0.1) is 11.1 Å². The zero-order valence-electron chi connectivity index (χ0n) is 15.3. The molecule has 30 heavy (non-hydrogen) atoms. The number of ether oxygens (including phenoxy) is 1. The van der Waals surface area contributed by atoms with Crippen LogP contribution in [0, 0.1) is 0 Å². The zero-order valence-corrected chi connectivity index (χ0v) is 15.3. The minimum Gasteiger partial charge on any atom is -0.478 e. The van der Waals surface area contributed by atoms with Crippen molar-refractivity contribution in [3.8, 4) is 17.2 Å². The molecule has 8 heteroatoms. The van der Waals surface area contributed by atoms with Gasteiger partial charge in [-0.1, -0.05) is 36.4 Å². The molecule has 0 radical (unpaired) electrons. The molecule has 0 aliphatic rings. The Kier molecular flexibility index (Phi) is 4.91. The van der Waals surface area contributed by atoms with Crippen LogP contribution < -0.4 is 4.74 Å². The first-order valence-electron chi connectivity index (χ1n) is 8.84. The number of benzene rings is 3. The highest BCUT2D eigenvalue weighted by molar-refractivity contribution is 5.78. The molecule has 0 saturated carbocycles. The van der Waals surface area contributed by atoms with Crippen LogP contribution in [0.1, 0.15) is 17.2 Å². The minimum atomic E-state index is -4.52. The molecule has 4 aromatic rings. The fraction of sp³-hybridized carbons (Fsp3) is 0.0909. The average molecular weight is 413 g/mol. The lowest BCUT2D eigenvalue weighted by atomic mass is 10.1. The van der Waals surface area contributed by atoms with Crippen molar-refractivity contribution in [1.82, 2.24) is 4.98 Å². The number of carbonyl (C=O) groups is 1. The van der Waals surface area contributed by atoms with Gasteiger partial charge in [-0.05, 0) is 36.4 Å². The molecule has 1 heterocycles. The van der Waals surface area contributed by atoms with E-state index in [-0.39, 0.29) is 17.2 Å². The van der Waals surface area contributed by atoms with Crippen molar-refractivity contribution in [3.63, 3.8) is 0 Å². The molecule has 3 aromatic carbocycles. The Morgan fingerprint density at radius 3 is 2.30 bits per heavy atom. The standard InChI is InChI=1S/C22H14F3NO4/c23-22(24,25)14-11-9-13(10-12-14)19(21(27)28)29-17-7-3-1-5-15(17)20-26-16-6-2-4-8-18(16)30-20/h1-12,19H,(H,27,28). The van der Waals surface area contributed by atoms with E-state index in [1.165, 1.54) is 0 Å². The predicted octanol–water partition coefficient (Wildman–Crippen LogP) is 5.72. The lowest BCUT2D eigenvalue weighted by Gasteiger charge is -2.18. The van der Waals surface area contributed by atoms with Crippen molar-refractivity contribution in [2.75, 3.05) is 0 Å². The molecule has 152 valence electrons. The molecule has 1 atom stereocenters. The first kappa shape index (κ1) is 19.5. The van der Waals surface area contributed by atoms with Crippen molar-refractivity contribution in [3.05, 3.63) is 83.9 Å². The smallest absolute Gasteiger partial charge is 0.416 e. The van der Waals surface area contributed by atoms with Gasteiger partial charge in [-0.15, -0.1) is 0 Å². The van der Waals surface area contributed by atoms with Crippen molar-refractivity contribution >= 4 is 17.1 Å². The number of fused-ring (bicyclic) bond motifs is 1. The number of rotatable bonds is 5. The summed E-state index contributed by atoms with van der Waals surface area (Å²) in [5.74, 6) is -0.929. The van der Waals surface area contributed by atoms with Crippen LogP contribution in [-0.4, -0.2) is 16.1 Å². The van der Waals surface area contributed by atoms with Crippen molar-refractivity contribution in [2.45, 2.75) is 12.3 Å². The highest BCUT2D eigenvalue weighted by Gasteiger charge is 2.31. The Balaban J connectivity index is 1.69. The number of carboxylic acid groups (broad SMARTS) is 1. The number of hydrogen-bond acceptors (Lipinski definition) is 4. The summed E-state index contributed by atoms with van der Waals surface area (Å²) in [4.78, 5) is 16.2. The highest BCUT2D eigenvalue weighted by Crippen LogP contribution is 2.35. The molecule has 0 fully saturated rings. The molecular formula is C22H14F3NO4. The predicted molar refractivity (Wildman–Crippen MR) is 102 cm³/mol. The molecule has 0 aliphatic carbocycles. The van der Waals surface area contributed by atoms with Gasteiger partial charge in [0.15, 0.2) is 5.58 Å². The monoisotopic (exact) mass is 413 g/mol. The molecule has 1 N–H and O–H groups in total. The van der Waals surface area contributed by atoms with Crippen LogP contribution >= 0.6 is 0 Å². The second-order valence-electron chi connectivity index (χ2n) is 6.44. The summed E-state index contributed by atoms with van der Waals surface area (Å²) in [7, 11) is 0. The summed E-state index contributed by atoms with van der Waals surface area (Å²) >= 11 is 0. The first-order chi connectivity index (χ1) is 14.3. The summed E-state index contributed by atoms with van der Waals surface area (Å²) in [6, 6.07) is 17.5. The summed E-state index contributed by atoms with van der Waals surface area (Å²) in [5.41, 5.74) is 0.802. The number of aliphatic carboxylic acids is 1. The normalized spacial score (nSPS) is 12.6.